The number of rotatable bonds is 2. The minimum atomic E-state index is -4.32. The van der Waals surface area contributed by atoms with E-state index in [-0.39, 0.29) is 12.6 Å². The number of benzene rings is 1. The Hall–Kier alpha value is -1.72. The van der Waals surface area contributed by atoms with E-state index >= 15 is 0 Å². The van der Waals surface area contributed by atoms with Gasteiger partial charge >= 0.3 is 12.2 Å². The quantitative estimate of drug-likeness (QED) is 0.888. The Morgan fingerprint density at radius 2 is 1.70 bits per heavy atom. The first-order valence-electron chi connectivity index (χ1n) is 6.66. The van der Waals surface area contributed by atoms with Crippen LogP contribution in [0.3, 0.4) is 0 Å². The molecule has 1 aliphatic heterocycles. The van der Waals surface area contributed by atoms with E-state index < -0.39 is 11.7 Å². The Balaban J connectivity index is 1.86. The van der Waals surface area contributed by atoms with Crippen molar-refractivity contribution in [3.63, 3.8) is 0 Å². The third-order valence-corrected chi connectivity index (χ3v) is 3.37. The number of hydrogen-bond donors (Lipinski definition) is 1. The second-order valence-corrected chi connectivity index (χ2v) is 4.90. The zero-order valence-electron chi connectivity index (χ0n) is 11.0. The van der Waals surface area contributed by atoms with Crippen molar-refractivity contribution in [2.24, 2.45) is 0 Å². The molecule has 1 saturated heterocycles. The standard InChI is InChI=1S/C14H17F3N2O/c15-14(16,17)12-6-4-11(5-7-12)10-18-13(20)19-8-2-1-3-9-19/h4-7H,1-3,8-10H2,(H,18,20). The fourth-order valence-corrected chi connectivity index (χ4v) is 2.20. The van der Waals surface area contributed by atoms with Gasteiger partial charge in [-0.05, 0) is 37.0 Å². The van der Waals surface area contributed by atoms with Gasteiger partial charge in [0.1, 0.15) is 0 Å². The van der Waals surface area contributed by atoms with E-state index in [0.717, 1.165) is 44.5 Å². The summed E-state index contributed by atoms with van der Waals surface area (Å²) in [6, 6.07) is 4.69. The SMILES string of the molecule is O=C(NCc1ccc(C(F)(F)F)cc1)N1CCCCC1. The van der Waals surface area contributed by atoms with Crippen molar-refractivity contribution in [1.82, 2.24) is 10.2 Å². The second-order valence-electron chi connectivity index (χ2n) is 4.90. The first kappa shape index (κ1) is 14.7. The van der Waals surface area contributed by atoms with Crippen LogP contribution >= 0.6 is 0 Å². The van der Waals surface area contributed by atoms with Gasteiger partial charge in [0.2, 0.25) is 0 Å². The molecule has 6 heteroatoms. The monoisotopic (exact) mass is 286 g/mol. The van der Waals surface area contributed by atoms with Crippen molar-refractivity contribution in [2.75, 3.05) is 13.1 Å². The second kappa shape index (κ2) is 6.15. The van der Waals surface area contributed by atoms with E-state index in [1.165, 1.54) is 12.1 Å². The highest BCUT2D eigenvalue weighted by molar-refractivity contribution is 5.74. The molecule has 0 bridgehead atoms. The number of likely N-dealkylation sites (tertiary alicyclic amines) is 1. The Labute approximate surface area is 115 Å². The van der Waals surface area contributed by atoms with E-state index in [0.29, 0.717) is 5.56 Å². The predicted molar refractivity (Wildman–Crippen MR) is 69.1 cm³/mol. The molecule has 2 rings (SSSR count). The molecule has 1 heterocycles. The van der Waals surface area contributed by atoms with Crippen LogP contribution in [0.25, 0.3) is 0 Å². The van der Waals surface area contributed by atoms with Crippen LogP contribution in [0.5, 0.6) is 0 Å². The van der Waals surface area contributed by atoms with Gasteiger partial charge in [-0.3, -0.25) is 0 Å². The van der Waals surface area contributed by atoms with Crippen LogP contribution in [0.1, 0.15) is 30.4 Å². The number of piperidine rings is 1. The van der Waals surface area contributed by atoms with Gasteiger partial charge in [-0.25, -0.2) is 4.79 Å². The number of carbonyl (C=O) groups is 1. The number of amides is 2. The average Bonchev–Trinajstić information content (AvgIpc) is 2.45. The molecule has 1 aromatic rings. The van der Waals surface area contributed by atoms with Crippen LogP contribution in [0.2, 0.25) is 0 Å². The number of carbonyl (C=O) groups excluding carboxylic acids is 1. The number of alkyl halides is 3. The van der Waals surface area contributed by atoms with Crippen LogP contribution in [0.15, 0.2) is 24.3 Å². The molecule has 3 nitrogen and oxygen atoms in total. The van der Waals surface area contributed by atoms with Crippen LogP contribution in [-0.4, -0.2) is 24.0 Å². The summed E-state index contributed by atoms with van der Waals surface area (Å²) in [4.78, 5) is 13.6. The highest BCUT2D eigenvalue weighted by Crippen LogP contribution is 2.29. The fourth-order valence-electron chi connectivity index (χ4n) is 2.20. The molecule has 0 unspecified atom stereocenters. The van der Waals surface area contributed by atoms with Gasteiger partial charge in [-0.1, -0.05) is 12.1 Å². The maximum absolute atomic E-state index is 12.4. The summed E-state index contributed by atoms with van der Waals surface area (Å²) in [6.45, 7) is 1.74. The Bertz CT molecular complexity index is 450. The third kappa shape index (κ3) is 3.88. The smallest absolute Gasteiger partial charge is 0.334 e. The molecule has 1 fully saturated rings. The lowest BCUT2D eigenvalue weighted by atomic mass is 10.1. The van der Waals surface area contributed by atoms with Crippen LogP contribution < -0.4 is 5.32 Å². The summed E-state index contributed by atoms with van der Waals surface area (Å²) in [5, 5.41) is 2.73. The lowest BCUT2D eigenvalue weighted by Gasteiger charge is -2.26. The van der Waals surface area contributed by atoms with Crippen molar-refractivity contribution in [3.05, 3.63) is 35.4 Å². The van der Waals surface area contributed by atoms with Crippen molar-refractivity contribution in [2.45, 2.75) is 32.0 Å². The Morgan fingerprint density at radius 1 is 1.10 bits per heavy atom. The van der Waals surface area contributed by atoms with Crippen molar-refractivity contribution >= 4 is 6.03 Å². The molecular weight excluding hydrogens is 269 g/mol. The maximum atomic E-state index is 12.4. The Morgan fingerprint density at radius 3 is 2.25 bits per heavy atom. The van der Waals surface area contributed by atoms with Gasteiger partial charge in [0.25, 0.3) is 0 Å². The maximum Gasteiger partial charge on any atom is 0.416 e. The molecule has 2 amide bonds. The van der Waals surface area contributed by atoms with Crippen molar-refractivity contribution in [1.29, 1.82) is 0 Å². The molecule has 1 N–H and O–H groups in total. The molecule has 1 aromatic carbocycles. The van der Waals surface area contributed by atoms with Gasteiger partial charge in [0, 0.05) is 19.6 Å². The van der Waals surface area contributed by atoms with E-state index in [4.69, 9.17) is 0 Å². The molecule has 0 aromatic heterocycles. The molecule has 1 aliphatic rings. The lowest BCUT2D eigenvalue weighted by Crippen LogP contribution is -2.42. The minimum absolute atomic E-state index is 0.149. The van der Waals surface area contributed by atoms with Crippen LogP contribution in [0.4, 0.5) is 18.0 Å². The topological polar surface area (TPSA) is 32.3 Å². The molecule has 0 atom stereocenters. The molecule has 110 valence electrons. The van der Waals surface area contributed by atoms with E-state index in [1.807, 2.05) is 0 Å². The first-order valence-corrected chi connectivity index (χ1v) is 6.66. The molecule has 20 heavy (non-hydrogen) atoms. The van der Waals surface area contributed by atoms with Gasteiger partial charge < -0.3 is 10.2 Å². The summed E-state index contributed by atoms with van der Waals surface area (Å²) in [5.74, 6) is 0. The van der Waals surface area contributed by atoms with Gasteiger partial charge in [-0.2, -0.15) is 13.2 Å². The van der Waals surface area contributed by atoms with Gasteiger partial charge in [0.05, 0.1) is 5.56 Å². The molecule has 0 saturated carbocycles. The summed E-state index contributed by atoms with van der Waals surface area (Å²) in [7, 11) is 0. The summed E-state index contributed by atoms with van der Waals surface area (Å²) >= 11 is 0. The highest BCUT2D eigenvalue weighted by atomic mass is 19.4. The summed E-state index contributed by atoms with van der Waals surface area (Å²) in [6.07, 6.45) is -1.17. The highest BCUT2D eigenvalue weighted by Gasteiger charge is 2.29. The molecular formula is C14H17F3N2O. The largest absolute Gasteiger partial charge is 0.416 e. The lowest BCUT2D eigenvalue weighted by molar-refractivity contribution is -0.137. The number of nitrogens with one attached hydrogen (secondary N) is 1. The van der Waals surface area contributed by atoms with Gasteiger partial charge in [-0.15, -0.1) is 0 Å². The van der Waals surface area contributed by atoms with E-state index in [2.05, 4.69) is 5.32 Å². The molecule has 0 spiro atoms. The van der Waals surface area contributed by atoms with E-state index in [9.17, 15) is 18.0 Å². The Kier molecular flexibility index (Phi) is 4.52. The number of nitrogens with zero attached hydrogens (tertiary/aromatic N) is 1. The van der Waals surface area contributed by atoms with Crippen molar-refractivity contribution < 1.29 is 18.0 Å². The zero-order chi connectivity index (χ0) is 14.6. The summed E-state index contributed by atoms with van der Waals surface area (Å²) < 4.78 is 37.2. The normalized spacial score (nSPS) is 16.1. The predicted octanol–water partition coefficient (Wildman–Crippen LogP) is 3.40. The first-order chi connectivity index (χ1) is 9.47. The van der Waals surface area contributed by atoms with Gasteiger partial charge in [0.15, 0.2) is 0 Å². The number of urea groups is 1. The molecule has 0 radical (unpaired) electrons. The summed E-state index contributed by atoms with van der Waals surface area (Å²) in [5.41, 5.74) is -0.0213. The third-order valence-electron chi connectivity index (χ3n) is 3.37. The van der Waals surface area contributed by atoms with Crippen LogP contribution in [0, 0.1) is 0 Å². The molecule has 0 aliphatic carbocycles. The average molecular weight is 286 g/mol. The fraction of sp³-hybridized carbons (Fsp3) is 0.500. The van der Waals surface area contributed by atoms with E-state index in [1.54, 1.807) is 4.90 Å². The minimum Gasteiger partial charge on any atom is -0.334 e. The number of hydrogen-bond acceptors (Lipinski definition) is 1. The van der Waals surface area contributed by atoms with Crippen LogP contribution in [-0.2, 0) is 12.7 Å². The number of halogens is 3. The zero-order valence-corrected chi connectivity index (χ0v) is 11.0. The van der Waals surface area contributed by atoms with Crippen molar-refractivity contribution in [3.8, 4) is 0 Å².